The van der Waals surface area contributed by atoms with Crippen molar-refractivity contribution in [2.45, 2.75) is 12.8 Å². The Morgan fingerprint density at radius 1 is 1.22 bits per heavy atom. The molecule has 1 heterocycles. The minimum absolute atomic E-state index is 0.328. The van der Waals surface area contributed by atoms with Crippen LogP contribution in [0.15, 0.2) is 24.3 Å². The van der Waals surface area contributed by atoms with Crippen LogP contribution in [-0.4, -0.2) is 42.9 Å². The minimum atomic E-state index is 0.328. The second-order valence-electron chi connectivity index (χ2n) is 4.77. The van der Waals surface area contributed by atoms with Gasteiger partial charge in [-0.05, 0) is 56.1 Å². The number of halogens is 1. The molecular weight excluding hydrogens is 250 g/mol. The van der Waals surface area contributed by atoms with E-state index in [1.807, 2.05) is 24.3 Å². The Balaban J connectivity index is 1.65. The average molecular weight is 270 g/mol. The summed E-state index contributed by atoms with van der Waals surface area (Å²) in [5.74, 6) is 1.36. The smallest absolute Gasteiger partial charge is 0.119 e. The molecule has 0 radical (unpaired) electrons. The van der Waals surface area contributed by atoms with E-state index in [0.717, 1.165) is 43.2 Å². The zero-order valence-electron chi connectivity index (χ0n) is 10.5. The topological polar surface area (TPSA) is 32.7 Å². The van der Waals surface area contributed by atoms with Gasteiger partial charge in [0.15, 0.2) is 0 Å². The van der Waals surface area contributed by atoms with Crippen LogP contribution in [0.5, 0.6) is 5.75 Å². The van der Waals surface area contributed by atoms with Crippen molar-refractivity contribution < 1.29 is 9.84 Å². The maximum Gasteiger partial charge on any atom is 0.119 e. The second kappa shape index (κ2) is 6.98. The quantitative estimate of drug-likeness (QED) is 0.891. The Hall–Kier alpha value is -0.770. The van der Waals surface area contributed by atoms with Gasteiger partial charge >= 0.3 is 0 Å². The third-order valence-corrected chi connectivity index (χ3v) is 3.71. The molecule has 1 aromatic carbocycles. The van der Waals surface area contributed by atoms with E-state index in [9.17, 15) is 0 Å². The molecular formula is C14H20ClNO2. The van der Waals surface area contributed by atoms with Crippen molar-refractivity contribution in [1.29, 1.82) is 0 Å². The van der Waals surface area contributed by atoms with Crippen molar-refractivity contribution in [1.82, 2.24) is 4.90 Å². The Labute approximate surface area is 113 Å². The fraction of sp³-hybridized carbons (Fsp3) is 0.571. The highest BCUT2D eigenvalue weighted by molar-refractivity contribution is 6.30. The lowest BCUT2D eigenvalue weighted by molar-refractivity contribution is 0.119. The summed E-state index contributed by atoms with van der Waals surface area (Å²) < 4.78 is 5.67. The van der Waals surface area contributed by atoms with Gasteiger partial charge in [0.2, 0.25) is 0 Å². The maximum atomic E-state index is 9.07. The number of aliphatic hydroxyl groups is 1. The van der Waals surface area contributed by atoms with Crippen LogP contribution in [0.4, 0.5) is 0 Å². The van der Waals surface area contributed by atoms with E-state index in [1.54, 1.807) is 0 Å². The predicted octanol–water partition coefficient (Wildman–Crippen LogP) is 2.42. The van der Waals surface area contributed by atoms with Crippen LogP contribution in [0.3, 0.4) is 0 Å². The summed E-state index contributed by atoms with van der Waals surface area (Å²) in [5, 5.41) is 9.80. The number of piperidine rings is 1. The Morgan fingerprint density at radius 2 is 1.89 bits per heavy atom. The first-order valence-corrected chi connectivity index (χ1v) is 6.87. The first kappa shape index (κ1) is 13.7. The average Bonchev–Trinajstić information content (AvgIpc) is 2.42. The lowest BCUT2D eigenvalue weighted by Crippen LogP contribution is -2.37. The monoisotopic (exact) mass is 269 g/mol. The molecule has 0 aliphatic carbocycles. The summed E-state index contributed by atoms with van der Waals surface area (Å²) in [5.41, 5.74) is 0. The highest BCUT2D eigenvalue weighted by Gasteiger charge is 2.17. The van der Waals surface area contributed by atoms with E-state index in [1.165, 1.54) is 0 Å². The number of ether oxygens (including phenoxy) is 1. The predicted molar refractivity (Wildman–Crippen MR) is 73.2 cm³/mol. The third-order valence-electron chi connectivity index (χ3n) is 3.46. The number of likely N-dealkylation sites (tertiary alicyclic amines) is 1. The molecule has 0 saturated carbocycles. The van der Waals surface area contributed by atoms with Crippen LogP contribution >= 0.6 is 11.6 Å². The molecule has 1 saturated heterocycles. The van der Waals surface area contributed by atoms with Gasteiger partial charge in [0.05, 0.1) is 0 Å². The normalized spacial score (nSPS) is 17.9. The van der Waals surface area contributed by atoms with Crippen molar-refractivity contribution in [2.75, 3.05) is 32.8 Å². The number of nitrogens with zero attached hydrogens (tertiary/aromatic N) is 1. The standard InChI is InChI=1S/C14H20ClNO2/c15-13-1-3-14(4-2-13)18-10-9-16-7-5-12(11-17)6-8-16/h1-4,12,17H,5-11H2. The van der Waals surface area contributed by atoms with Crippen molar-refractivity contribution >= 4 is 11.6 Å². The molecule has 0 unspecified atom stereocenters. The summed E-state index contributed by atoms with van der Waals surface area (Å²) in [4.78, 5) is 2.39. The van der Waals surface area contributed by atoms with Gasteiger partial charge in [0, 0.05) is 18.2 Å². The molecule has 1 aromatic rings. The molecule has 0 spiro atoms. The van der Waals surface area contributed by atoms with Crippen molar-refractivity contribution in [3.05, 3.63) is 29.3 Å². The second-order valence-corrected chi connectivity index (χ2v) is 5.21. The van der Waals surface area contributed by atoms with E-state index in [0.29, 0.717) is 19.1 Å². The Kier molecular flexibility index (Phi) is 5.29. The molecule has 1 fully saturated rings. The van der Waals surface area contributed by atoms with Gasteiger partial charge in [-0.2, -0.15) is 0 Å². The molecule has 18 heavy (non-hydrogen) atoms. The molecule has 0 atom stereocenters. The minimum Gasteiger partial charge on any atom is -0.492 e. The van der Waals surface area contributed by atoms with Crippen LogP contribution in [0, 0.1) is 5.92 Å². The molecule has 3 nitrogen and oxygen atoms in total. The SMILES string of the molecule is OCC1CCN(CCOc2ccc(Cl)cc2)CC1. The molecule has 100 valence electrons. The van der Waals surface area contributed by atoms with Crippen molar-refractivity contribution in [3.63, 3.8) is 0 Å². The highest BCUT2D eigenvalue weighted by atomic mass is 35.5. The number of rotatable bonds is 5. The van der Waals surface area contributed by atoms with Crippen LogP contribution in [0.25, 0.3) is 0 Å². The number of benzene rings is 1. The zero-order chi connectivity index (χ0) is 12.8. The summed E-state index contributed by atoms with van der Waals surface area (Å²) in [6.07, 6.45) is 2.19. The largest absolute Gasteiger partial charge is 0.492 e. The molecule has 1 N–H and O–H groups in total. The summed E-state index contributed by atoms with van der Waals surface area (Å²) in [7, 11) is 0. The van der Waals surface area contributed by atoms with Crippen molar-refractivity contribution in [3.8, 4) is 5.75 Å². The van der Waals surface area contributed by atoms with E-state index in [-0.39, 0.29) is 0 Å². The zero-order valence-corrected chi connectivity index (χ0v) is 11.3. The fourth-order valence-electron chi connectivity index (χ4n) is 2.22. The number of hydrogen-bond acceptors (Lipinski definition) is 3. The molecule has 1 aliphatic heterocycles. The summed E-state index contributed by atoms with van der Waals surface area (Å²) in [6, 6.07) is 7.45. The van der Waals surface area contributed by atoms with E-state index in [2.05, 4.69) is 4.90 Å². The molecule has 4 heteroatoms. The lowest BCUT2D eigenvalue weighted by atomic mass is 9.98. The van der Waals surface area contributed by atoms with Gasteiger partial charge in [0.25, 0.3) is 0 Å². The van der Waals surface area contributed by atoms with Gasteiger partial charge in [0.1, 0.15) is 12.4 Å². The first-order chi connectivity index (χ1) is 8.78. The van der Waals surface area contributed by atoms with Crippen LogP contribution < -0.4 is 4.74 Å². The fourth-order valence-corrected chi connectivity index (χ4v) is 2.34. The molecule has 0 amide bonds. The lowest BCUT2D eigenvalue weighted by Gasteiger charge is -2.30. The third kappa shape index (κ3) is 4.16. The van der Waals surface area contributed by atoms with E-state index < -0.39 is 0 Å². The van der Waals surface area contributed by atoms with Crippen LogP contribution in [-0.2, 0) is 0 Å². The highest BCUT2D eigenvalue weighted by Crippen LogP contribution is 2.17. The van der Waals surface area contributed by atoms with Gasteiger partial charge in [-0.3, -0.25) is 4.90 Å². The first-order valence-electron chi connectivity index (χ1n) is 6.49. The van der Waals surface area contributed by atoms with Gasteiger partial charge in [-0.15, -0.1) is 0 Å². The summed E-state index contributed by atoms with van der Waals surface area (Å²) >= 11 is 5.81. The molecule has 1 aliphatic rings. The molecule has 2 rings (SSSR count). The van der Waals surface area contributed by atoms with Gasteiger partial charge in [-0.25, -0.2) is 0 Å². The van der Waals surface area contributed by atoms with E-state index in [4.69, 9.17) is 21.4 Å². The summed E-state index contributed by atoms with van der Waals surface area (Å²) in [6.45, 7) is 4.10. The Bertz CT molecular complexity index is 347. The van der Waals surface area contributed by atoms with Crippen LogP contribution in [0.1, 0.15) is 12.8 Å². The number of hydrogen-bond donors (Lipinski definition) is 1. The Morgan fingerprint density at radius 3 is 2.50 bits per heavy atom. The molecule has 0 aromatic heterocycles. The van der Waals surface area contributed by atoms with Gasteiger partial charge < -0.3 is 9.84 Å². The van der Waals surface area contributed by atoms with Crippen LogP contribution in [0.2, 0.25) is 5.02 Å². The van der Waals surface area contributed by atoms with Crippen molar-refractivity contribution in [2.24, 2.45) is 5.92 Å². The van der Waals surface area contributed by atoms with Gasteiger partial charge in [-0.1, -0.05) is 11.6 Å². The van der Waals surface area contributed by atoms with E-state index >= 15 is 0 Å². The number of aliphatic hydroxyl groups excluding tert-OH is 1. The molecule has 0 bridgehead atoms. The maximum absolute atomic E-state index is 9.07.